The lowest BCUT2D eigenvalue weighted by atomic mass is 9.94. The van der Waals surface area contributed by atoms with Crippen molar-refractivity contribution < 1.29 is 4.79 Å². The zero-order valence-corrected chi connectivity index (χ0v) is 11.6. The van der Waals surface area contributed by atoms with Gasteiger partial charge in [0.15, 0.2) is 0 Å². The van der Waals surface area contributed by atoms with Crippen molar-refractivity contribution in [3.8, 4) is 0 Å². The average molecular weight is 297 g/mol. The lowest BCUT2D eigenvalue weighted by Gasteiger charge is -2.33. The molecule has 1 saturated heterocycles. The fraction of sp³-hybridized carbons (Fsp3) is 0.538. The van der Waals surface area contributed by atoms with Crippen molar-refractivity contribution in [1.82, 2.24) is 9.88 Å². The van der Waals surface area contributed by atoms with E-state index in [4.69, 9.17) is 0 Å². The van der Waals surface area contributed by atoms with Gasteiger partial charge in [-0.05, 0) is 30.9 Å². The molecular formula is C13H17BrN2O. The summed E-state index contributed by atoms with van der Waals surface area (Å²) in [6.07, 6.45) is 5.51. The molecular weight excluding hydrogens is 280 g/mol. The van der Waals surface area contributed by atoms with Gasteiger partial charge in [-0.25, -0.2) is 0 Å². The van der Waals surface area contributed by atoms with Crippen LogP contribution in [0, 0.1) is 5.92 Å². The summed E-state index contributed by atoms with van der Waals surface area (Å²) in [6, 6.07) is 3.56. The molecule has 2 heterocycles. The molecule has 1 aliphatic heterocycles. The van der Waals surface area contributed by atoms with Crippen molar-refractivity contribution in [2.45, 2.75) is 24.6 Å². The molecule has 1 amide bonds. The average Bonchev–Trinajstić information content (AvgIpc) is 2.39. The smallest absolute Gasteiger partial charge is 0.253 e. The minimum absolute atomic E-state index is 0.132. The normalized spacial score (nSPS) is 19.1. The maximum Gasteiger partial charge on any atom is 0.253 e. The van der Waals surface area contributed by atoms with Crippen LogP contribution in [0.4, 0.5) is 0 Å². The Bertz CT molecular complexity index is 372. The van der Waals surface area contributed by atoms with Crippen LogP contribution < -0.4 is 0 Å². The highest BCUT2D eigenvalue weighted by Gasteiger charge is 2.25. The number of carbonyl (C=O) groups is 1. The SMILES string of the molecule is CC(Br)C1CCN(C(=O)c2ccncc2)CC1. The van der Waals surface area contributed by atoms with Crippen molar-refractivity contribution in [3.63, 3.8) is 0 Å². The quantitative estimate of drug-likeness (QED) is 0.786. The van der Waals surface area contributed by atoms with Crippen molar-refractivity contribution >= 4 is 21.8 Å². The van der Waals surface area contributed by atoms with Crippen molar-refractivity contribution in [3.05, 3.63) is 30.1 Å². The summed E-state index contributed by atoms with van der Waals surface area (Å²) in [5.41, 5.74) is 0.741. The Balaban J connectivity index is 1.95. The predicted octanol–water partition coefficient (Wildman–Crippen LogP) is 2.72. The Morgan fingerprint density at radius 1 is 1.41 bits per heavy atom. The first-order valence-corrected chi connectivity index (χ1v) is 6.93. The van der Waals surface area contributed by atoms with E-state index in [9.17, 15) is 4.79 Å². The molecule has 17 heavy (non-hydrogen) atoms. The van der Waals surface area contributed by atoms with E-state index in [0.29, 0.717) is 10.7 Å². The van der Waals surface area contributed by atoms with Gasteiger partial charge in [-0.3, -0.25) is 9.78 Å². The minimum Gasteiger partial charge on any atom is -0.339 e. The molecule has 1 aromatic heterocycles. The summed E-state index contributed by atoms with van der Waals surface area (Å²) in [5.74, 6) is 0.824. The van der Waals surface area contributed by atoms with Crippen LogP contribution in [0.1, 0.15) is 30.1 Å². The van der Waals surface area contributed by atoms with Gasteiger partial charge in [0.05, 0.1) is 0 Å². The van der Waals surface area contributed by atoms with E-state index >= 15 is 0 Å². The maximum atomic E-state index is 12.2. The van der Waals surface area contributed by atoms with Crippen LogP contribution in [0.5, 0.6) is 0 Å². The minimum atomic E-state index is 0.132. The molecule has 0 aromatic carbocycles. The number of hydrogen-bond acceptors (Lipinski definition) is 2. The highest BCUT2D eigenvalue weighted by atomic mass is 79.9. The van der Waals surface area contributed by atoms with E-state index in [1.54, 1.807) is 24.5 Å². The molecule has 4 heteroatoms. The van der Waals surface area contributed by atoms with Gasteiger partial charge in [-0.1, -0.05) is 22.9 Å². The summed E-state index contributed by atoms with van der Waals surface area (Å²) in [6.45, 7) is 3.91. The second kappa shape index (κ2) is 5.63. The van der Waals surface area contributed by atoms with Gasteiger partial charge in [0.25, 0.3) is 5.91 Å². The summed E-state index contributed by atoms with van der Waals surface area (Å²) < 4.78 is 0. The van der Waals surface area contributed by atoms with E-state index in [-0.39, 0.29) is 5.91 Å². The molecule has 0 saturated carbocycles. The van der Waals surface area contributed by atoms with E-state index in [0.717, 1.165) is 31.5 Å². The molecule has 1 aromatic rings. The van der Waals surface area contributed by atoms with Crippen LogP contribution in [0.2, 0.25) is 0 Å². The number of alkyl halides is 1. The highest BCUT2D eigenvalue weighted by Crippen LogP contribution is 2.25. The number of carbonyl (C=O) groups excluding carboxylic acids is 1. The van der Waals surface area contributed by atoms with E-state index in [1.807, 2.05) is 4.90 Å². The van der Waals surface area contributed by atoms with Gasteiger partial charge in [-0.15, -0.1) is 0 Å². The number of halogens is 1. The molecule has 0 aliphatic carbocycles. The van der Waals surface area contributed by atoms with E-state index < -0.39 is 0 Å². The Kier molecular flexibility index (Phi) is 4.15. The number of nitrogens with zero attached hydrogens (tertiary/aromatic N) is 2. The van der Waals surface area contributed by atoms with E-state index in [2.05, 4.69) is 27.8 Å². The Labute approximate surface area is 110 Å². The van der Waals surface area contributed by atoms with Crippen LogP contribution in [-0.2, 0) is 0 Å². The fourth-order valence-corrected chi connectivity index (χ4v) is 2.77. The third-order valence-corrected chi connectivity index (χ3v) is 4.15. The molecule has 92 valence electrons. The molecule has 2 rings (SSSR count). The zero-order valence-electron chi connectivity index (χ0n) is 9.97. The van der Waals surface area contributed by atoms with Gasteiger partial charge in [0.1, 0.15) is 0 Å². The summed E-state index contributed by atoms with van der Waals surface area (Å²) in [4.78, 5) is 18.6. The van der Waals surface area contributed by atoms with Crippen molar-refractivity contribution in [2.75, 3.05) is 13.1 Å². The predicted molar refractivity (Wildman–Crippen MR) is 71.3 cm³/mol. The molecule has 0 bridgehead atoms. The first-order chi connectivity index (χ1) is 8.18. The Morgan fingerprint density at radius 3 is 2.53 bits per heavy atom. The van der Waals surface area contributed by atoms with Crippen LogP contribution in [0.15, 0.2) is 24.5 Å². The van der Waals surface area contributed by atoms with Crippen LogP contribution in [0.25, 0.3) is 0 Å². The first kappa shape index (κ1) is 12.6. The molecule has 1 fully saturated rings. The fourth-order valence-electron chi connectivity index (χ4n) is 2.24. The van der Waals surface area contributed by atoms with Crippen LogP contribution >= 0.6 is 15.9 Å². The summed E-state index contributed by atoms with van der Waals surface area (Å²) in [5, 5.41) is 0. The molecule has 0 spiro atoms. The maximum absolute atomic E-state index is 12.2. The standard InChI is InChI=1S/C13H17BrN2O/c1-10(14)11-4-8-16(9-5-11)13(17)12-2-6-15-7-3-12/h2-3,6-7,10-11H,4-5,8-9H2,1H3. The van der Waals surface area contributed by atoms with Crippen LogP contribution in [0.3, 0.4) is 0 Å². The topological polar surface area (TPSA) is 33.2 Å². The molecule has 3 nitrogen and oxygen atoms in total. The van der Waals surface area contributed by atoms with Gasteiger partial charge >= 0.3 is 0 Å². The number of aromatic nitrogens is 1. The largest absolute Gasteiger partial charge is 0.339 e. The number of rotatable bonds is 2. The van der Waals surface area contributed by atoms with Gasteiger partial charge < -0.3 is 4.90 Å². The monoisotopic (exact) mass is 296 g/mol. The number of amides is 1. The molecule has 1 aliphatic rings. The zero-order chi connectivity index (χ0) is 12.3. The Hall–Kier alpha value is -0.900. The third-order valence-electron chi connectivity index (χ3n) is 3.40. The van der Waals surface area contributed by atoms with Gasteiger partial charge in [0, 0.05) is 35.9 Å². The number of likely N-dealkylation sites (tertiary alicyclic amines) is 1. The lowest BCUT2D eigenvalue weighted by molar-refractivity contribution is 0.0691. The number of pyridine rings is 1. The summed E-state index contributed by atoms with van der Waals surface area (Å²) >= 11 is 3.63. The van der Waals surface area contributed by atoms with Crippen molar-refractivity contribution in [1.29, 1.82) is 0 Å². The number of hydrogen-bond donors (Lipinski definition) is 0. The third kappa shape index (κ3) is 3.06. The molecule has 0 radical (unpaired) electrons. The second-order valence-corrected chi connectivity index (χ2v) is 5.99. The highest BCUT2D eigenvalue weighted by molar-refractivity contribution is 9.09. The molecule has 0 N–H and O–H groups in total. The van der Waals surface area contributed by atoms with Gasteiger partial charge in [0.2, 0.25) is 0 Å². The lowest BCUT2D eigenvalue weighted by Crippen LogP contribution is -2.39. The summed E-state index contributed by atoms with van der Waals surface area (Å²) in [7, 11) is 0. The van der Waals surface area contributed by atoms with E-state index in [1.165, 1.54) is 0 Å². The first-order valence-electron chi connectivity index (χ1n) is 6.02. The van der Waals surface area contributed by atoms with Crippen molar-refractivity contribution in [2.24, 2.45) is 5.92 Å². The number of piperidine rings is 1. The van der Waals surface area contributed by atoms with Crippen LogP contribution in [-0.4, -0.2) is 33.7 Å². The Morgan fingerprint density at radius 2 is 2.00 bits per heavy atom. The molecule has 1 unspecified atom stereocenters. The van der Waals surface area contributed by atoms with Gasteiger partial charge in [-0.2, -0.15) is 0 Å². The molecule has 1 atom stereocenters. The second-order valence-electron chi connectivity index (χ2n) is 4.54.